The summed E-state index contributed by atoms with van der Waals surface area (Å²) < 4.78 is 19.5. The van der Waals surface area contributed by atoms with Crippen LogP contribution in [0.1, 0.15) is 29.5 Å². The van der Waals surface area contributed by atoms with E-state index in [1.165, 1.54) is 35.3 Å². The van der Waals surface area contributed by atoms with Crippen molar-refractivity contribution in [3.63, 3.8) is 0 Å². The minimum Gasteiger partial charge on any atom is -0.457 e. The van der Waals surface area contributed by atoms with Gasteiger partial charge in [-0.3, -0.25) is 14.4 Å². The van der Waals surface area contributed by atoms with Crippen molar-refractivity contribution >= 4 is 29.5 Å². The van der Waals surface area contributed by atoms with Crippen molar-refractivity contribution in [2.45, 2.75) is 13.3 Å². The number of likely N-dealkylation sites (N-methyl/N-ethyl adjacent to an activating group) is 1. The quantitative estimate of drug-likeness (QED) is 0.480. The van der Waals surface area contributed by atoms with Crippen molar-refractivity contribution in [1.82, 2.24) is 4.90 Å². The normalized spacial score (nSPS) is 10.8. The average Bonchev–Trinajstić information content (AvgIpc) is 3.27. The van der Waals surface area contributed by atoms with E-state index in [2.05, 4.69) is 5.32 Å². The van der Waals surface area contributed by atoms with E-state index in [0.29, 0.717) is 34.9 Å². The smallest absolute Gasteiger partial charge is 0.248 e. The molecule has 3 rings (SSSR count). The molecule has 0 fully saturated rings. The SMILES string of the molecule is CCN(CCC(=O)Nc1ccc(C(N)=O)cc1)C(=O)/C=C/c1ccc(-c2ccccc2F)o1. The first-order valence-corrected chi connectivity index (χ1v) is 10.4. The van der Waals surface area contributed by atoms with Gasteiger partial charge in [0, 0.05) is 36.8 Å². The van der Waals surface area contributed by atoms with Gasteiger partial charge in [-0.15, -0.1) is 0 Å². The third-order valence-corrected chi connectivity index (χ3v) is 4.91. The lowest BCUT2D eigenvalue weighted by atomic mass is 10.1. The number of hydrogen-bond acceptors (Lipinski definition) is 4. The molecule has 0 saturated heterocycles. The molecule has 170 valence electrons. The zero-order chi connectivity index (χ0) is 23.8. The van der Waals surface area contributed by atoms with Crippen molar-refractivity contribution in [3.8, 4) is 11.3 Å². The Kier molecular flexibility index (Phi) is 7.75. The summed E-state index contributed by atoms with van der Waals surface area (Å²) in [6.45, 7) is 2.46. The van der Waals surface area contributed by atoms with Crippen molar-refractivity contribution in [2.75, 3.05) is 18.4 Å². The van der Waals surface area contributed by atoms with Crippen LogP contribution in [0.3, 0.4) is 0 Å². The van der Waals surface area contributed by atoms with E-state index in [4.69, 9.17) is 10.2 Å². The van der Waals surface area contributed by atoms with Crippen molar-refractivity contribution in [1.29, 1.82) is 0 Å². The van der Waals surface area contributed by atoms with Gasteiger partial charge in [-0.05, 0) is 61.5 Å². The number of anilines is 1. The summed E-state index contributed by atoms with van der Waals surface area (Å²) in [7, 11) is 0. The van der Waals surface area contributed by atoms with Gasteiger partial charge >= 0.3 is 0 Å². The summed E-state index contributed by atoms with van der Waals surface area (Å²) in [6.07, 6.45) is 2.97. The van der Waals surface area contributed by atoms with Gasteiger partial charge in [-0.1, -0.05) is 12.1 Å². The fourth-order valence-corrected chi connectivity index (χ4v) is 3.11. The Balaban J connectivity index is 1.53. The Hall–Kier alpha value is -4.20. The maximum Gasteiger partial charge on any atom is 0.248 e. The number of rotatable bonds is 9. The molecular formula is C25H24FN3O4. The fourth-order valence-electron chi connectivity index (χ4n) is 3.11. The standard InChI is InChI=1S/C25H24FN3O4/c1-2-29(16-15-23(30)28-18-9-7-17(8-10-18)25(27)32)24(31)14-12-19-11-13-22(33-19)20-5-3-4-6-21(20)26/h3-14H,2,15-16H2,1H3,(H2,27,32)(H,28,30)/b14-12+. The number of furan rings is 1. The lowest BCUT2D eigenvalue weighted by Gasteiger charge is -2.18. The first-order valence-electron chi connectivity index (χ1n) is 10.4. The van der Waals surface area contributed by atoms with Crippen molar-refractivity contribution in [3.05, 3.63) is 83.9 Å². The minimum absolute atomic E-state index is 0.100. The Morgan fingerprint density at radius 1 is 1.06 bits per heavy atom. The Labute approximate surface area is 190 Å². The first kappa shape index (κ1) is 23.5. The van der Waals surface area contributed by atoms with E-state index in [1.54, 1.807) is 42.5 Å². The summed E-state index contributed by atoms with van der Waals surface area (Å²) in [5, 5.41) is 2.71. The van der Waals surface area contributed by atoms with Crippen LogP contribution in [0.15, 0.2) is 71.2 Å². The molecule has 3 aromatic rings. The third-order valence-electron chi connectivity index (χ3n) is 4.91. The highest BCUT2D eigenvalue weighted by atomic mass is 19.1. The third kappa shape index (κ3) is 6.39. The number of halogens is 1. The molecule has 1 aromatic heterocycles. The van der Waals surface area contributed by atoms with Gasteiger partial charge < -0.3 is 20.4 Å². The molecule has 0 unspecified atom stereocenters. The van der Waals surface area contributed by atoms with Gasteiger partial charge in [0.05, 0.1) is 5.56 Å². The van der Waals surface area contributed by atoms with Crippen LogP contribution < -0.4 is 11.1 Å². The predicted octanol–water partition coefficient (Wildman–Crippen LogP) is 4.08. The van der Waals surface area contributed by atoms with Crippen LogP contribution in [-0.4, -0.2) is 35.7 Å². The topological polar surface area (TPSA) is 106 Å². The molecule has 0 atom stereocenters. The highest BCUT2D eigenvalue weighted by molar-refractivity contribution is 5.95. The van der Waals surface area contributed by atoms with E-state index in [9.17, 15) is 18.8 Å². The zero-order valence-electron chi connectivity index (χ0n) is 18.1. The summed E-state index contributed by atoms with van der Waals surface area (Å²) >= 11 is 0. The molecule has 0 radical (unpaired) electrons. The first-order chi connectivity index (χ1) is 15.9. The van der Waals surface area contributed by atoms with Crippen LogP contribution in [0, 0.1) is 5.82 Å². The largest absolute Gasteiger partial charge is 0.457 e. The summed E-state index contributed by atoms with van der Waals surface area (Å²) in [5.74, 6) is -0.700. The van der Waals surface area contributed by atoms with Crippen LogP contribution in [0.5, 0.6) is 0 Å². The van der Waals surface area contributed by atoms with Crippen molar-refractivity contribution < 1.29 is 23.2 Å². The molecule has 3 N–H and O–H groups in total. The second-order valence-corrected chi connectivity index (χ2v) is 7.17. The molecule has 3 amide bonds. The van der Waals surface area contributed by atoms with Crippen LogP contribution >= 0.6 is 0 Å². The lowest BCUT2D eigenvalue weighted by Crippen LogP contribution is -2.32. The molecule has 8 heteroatoms. The molecule has 0 spiro atoms. The summed E-state index contributed by atoms with van der Waals surface area (Å²) in [6, 6.07) is 15.8. The maximum atomic E-state index is 13.9. The average molecular weight is 449 g/mol. The van der Waals surface area contributed by atoms with E-state index in [1.807, 2.05) is 6.92 Å². The van der Waals surface area contributed by atoms with Gasteiger partial charge in [0.15, 0.2) is 0 Å². The molecule has 0 aliphatic rings. The van der Waals surface area contributed by atoms with Gasteiger partial charge in [-0.25, -0.2) is 4.39 Å². The van der Waals surface area contributed by atoms with E-state index >= 15 is 0 Å². The van der Waals surface area contributed by atoms with Gasteiger partial charge in [0.2, 0.25) is 17.7 Å². The van der Waals surface area contributed by atoms with Crippen LogP contribution in [0.25, 0.3) is 17.4 Å². The Morgan fingerprint density at radius 2 is 1.79 bits per heavy atom. The summed E-state index contributed by atoms with van der Waals surface area (Å²) in [4.78, 5) is 37.4. The number of carbonyl (C=O) groups excluding carboxylic acids is 3. The molecule has 0 bridgehead atoms. The molecule has 0 aliphatic heterocycles. The second-order valence-electron chi connectivity index (χ2n) is 7.17. The minimum atomic E-state index is -0.545. The Morgan fingerprint density at radius 3 is 2.45 bits per heavy atom. The number of nitrogens with one attached hydrogen (secondary N) is 1. The molecule has 0 aliphatic carbocycles. The number of nitrogens with two attached hydrogens (primary N) is 1. The number of benzene rings is 2. The summed E-state index contributed by atoms with van der Waals surface area (Å²) in [5.41, 5.74) is 6.41. The molecule has 2 aromatic carbocycles. The molecule has 1 heterocycles. The maximum absolute atomic E-state index is 13.9. The fraction of sp³-hybridized carbons (Fsp3) is 0.160. The number of carbonyl (C=O) groups is 3. The van der Waals surface area contributed by atoms with Crippen LogP contribution in [-0.2, 0) is 9.59 Å². The number of amides is 3. The molecule has 33 heavy (non-hydrogen) atoms. The van der Waals surface area contributed by atoms with E-state index < -0.39 is 11.7 Å². The van der Waals surface area contributed by atoms with Crippen molar-refractivity contribution in [2.24, 2.45) is 5.73 Å². The van der Waals surface area contributed by atoms with E-state index in [-0.39, 0.29) is 24.8 Å². The zero-order valence-corrected chi connectivity index (χ0v) is 18.1. The number of primary amides is 1. The number of hydrogen-bond donors (Lipinski definition) is 2. The Bertz CT molecular complexity index is 1170. The van der Waals surface area contributed by atoms with Gasteiger partial charge in [0.1, 0.15) is 17.3 Å². The number of nitrogens with zero attached hydrogens (tertiary/aromatic N) is 1. The van der Waals surface area contributed by atoms with Crippen LogP contribution in [0.4, 0.5) is 10.1 Å². The highest BCUT2D eigenvalue weighted by Crippen LogP contribution is 2.25. The molecular weight excluding hydrogens is 425 g/mol. The highest BCUT2D eigenvalue weighted by Gasteiger charge is 2.12. The van der Waals surface area contributed by atoms with Crippen LogP contribution in [0.2, 0.25) is 0 Å². The molecule has 0 saturated carbocycles. The predicted molar refractivity (Wildman–Crippen MR) is 124 cm³/mol. The lowest BCUT2D eigenvalue weighted by molar-refractivity contribution is -0.126. The molecule has 7 nitrogen and oxygen atoms in total. The van der Waals surface area contributed by atoms with E-state index in [0.717, 1.165) is 0 Å². The monoisotopic (exact) mass is 449 g/mol. The second kappa shape index (κ2) is 10.9. The van der Waals surface area contributed by atoms with Gasteiger partial charge in [0.25, 0.3) is 0 Å². The van der Waals surface area contributed by atoms with Gasteiger partial charge in [-0.2, -0.15) is 0 Å².